The number of nitrogens with zero attached hydrogens (tertiary/aromatic N) is 1. The molecule has 0 unspecified atom stereocenters. The van der Waals surface area contributed by atoms with Gasteiger partial charge in [0.05, 0.1) is 5.41 Å². The second-order valence-corrected chi connectivity index (χ2v) is 7.11. The molecule has 3 nitrogen and oxygen atoms in total. The zero-order valence-corrected chi connectivity index (χ0v) is 12.0. The Morgan fingerprint density at radius 3 is 2.33 bits per heavy atom. The van der Waals surface area contributed by atoms with Gasteiger partial charge in [-0.25, -0.2) is 0 Å². The Balaban J connectivity index is 2.09. The Labute approximate surface area is 111 Å². The van der Waals surface area contributed by atoms with Crippen LogP contribution in [0.1, 0.15) is 59.3 Å². The summed E-state index contributed by atoms with van der Waals surface area (Å²) < 4.78 is 0. The predicted octanol–water partition coefficient (Wildman–Crippen LogP) is 3.14. The summed E-state index contributed by atoms with van der Waals surface area (Å²) in [5.41, 5.74) is -0.292. The van der Waals surface area contributed by atoms with Gasteiger partial charge in [-0.15, -0.1) is 0 Å². The lowest BCUT2D eigenvalue weighted by atomic mass is 9.70. The van der Waals surface area contributed by atoms with Crippen LogP contribution in [0, 0.1) is 11.3 Å². The molecule has 0 radical (unpaired) electrons. The summed E-state index contributed by atoms with van der Waals surface area (Å²) in [7, 11) is 0. The molecule has 18 heavy (non-hydrogen) atoms. The molecule has 1 N–H and O–H groups in total. The minimum atomic E-state index is -0.572. The van der Waals surface area contributed by atoms with Gasteiger partial charge >= 0.3 is 5.97 Å². The van der Waals surface area contributed by atoms with Gasteiger partial charge in [0.25, 0.3) is 0 Å². The molecular formula is C15H27NO2. The second kappa shape index (κ2) is 4.84. The number of likely N-dealkylation sites (tertiary alicyclic amines) is 1. The summed E-state index contributed by atoms with van der Waals surface area (Å²) in [5.74, 6) is 0.126. The highest BCUT2D eigenvalue weighted by atomic mass is 16.4. The van der Waals surface area contributed by atoms with E-state index in [4.69, 9.17) is 0 Å². The molecule has 1 saturated carbocycles. The lowest BCUT2D eigenvalue weighted by Gasteiger charge is -2.42. The van der Waals surface area contributed by atoms with Crippen molar-refractivity contribution in [2.24, 2.45) is 11.3 Å². The van der Waals surface area contributed by atoms with E-state index in [1.807, 2.05) is 0 Å². The van der Waals surface area contributed by atoms with E-state index in [-0.39, 0.29) is 5.54 Å². The van der Waals surface area contributed by atoms with Gasteiger partial charge in [0.15, 0.2) is 0 Å². The van der Waals surface area contributed by atoms with Gasteiger partial charge in [0.1, 0.15) is 0 Å². The number of carboxylic acid groups (broad SMARTS) is 1. The van der Waals surface area contributed by atoms with Crippen molar-refractivity contribution in [2.75, 3.05) is 13.1 Å². The van der Waals surface area contributed by atoms with Crippen LogP contribution < -0.4 is 0 Å². The summed E-state index contributed by atoms with van der Waals surface area (Å²) in [6.07, 6.45) is 6.26. The Morgan fingerprint density at radius 2 is 1.89 bits per heavy atom. The first-order chi connectivity index (χ1) is 8.36. The monoisotopic (exact) mass is 253 g/mol. The number of aliphatic carboxylic acids is 1. The summed E-state index contributed by atoms with van der Waals surface area (Å²) in [6.45, 7) is 8.56. The first-order valence-electron chi connectivity index (χ1n) is 7.34. The fourth-order valence-electron chi connectivity index (χ4n) is 3.58. The zero-order chi connectivity index (χ0) is 13.4. The van der Waals surface area contributed by atoms with Gasteiger partial charge in [-0.05, 0) is 64.8 Å². The van der Waals surface area contributed by atoms with Crippen molar-refractivity contribution >= 4 is 5.97 Å². The molecule has 1 aliphatic carbocycles. The van der Waals surface area contributed by atoms with Crippen molar-refractivity contribution in [3.63, 3.8) is 0 Å². The third kappa shape index (κ3) is 2.56. The number of carbonyl (C=O) groups is 1. The fourth-order valence-corrected chi connectivity index (χ4v) is 3.58. The smallest absolute Gasteiger partial charge is 0.310 e. The molecule has 2 fully saturated rings. The first kappa shape index (κ1) is 13.9. The lowest BCUT2D eigenvalue weighted by molar-refractivity contribution is -0.153. The largest absolute Gasteiger partial charge is 0.481 e. The van der Waals surface area contributed by atoms with Gasteiger partial charge in [0.2, 0.25) is 0 Å². The van der Waals surface area contributed by atoms with E-state index < -0.39 is 11.4 Å². The van der Waals surface area contributed by atoms with Gasteiger partial charge in [-0.1, -0.05) is 6.92 Å². The van der Waals surface area contributed by atoms with Crippen LogP contribution in [0.15, 0.2) is 0 Å². The van der Waals surface area contributed by atoms with Crippen LogP contribution in [0.2, 0.25) is 0 Å². The van der Waals surface area contributed by atoms with Crippen LogP contribution in [0.4, 0.5) is 0 Å². The molecule has 1 aliphatic heterocycles. The molecular weight excluding hydrogens is 226 g/mol. The Bertz CT molecular complexity index is 316. The number of hydrogen-bond donors (Lipinski definition) is 1. The maximum atomic E-state index is 11.8. The van der Waals surface area contributed by atoms with Gasteiger partial charge < -0.3 is 5.11 Å². The minimum absolute atomic E-state index is 0.186. The number of rotatable bonds is 3. The number of carboxylic acids is 1. The Morgan fingerprint density at radius 1 is 1.28 bits per heavy atom. The summed E-state index contributed by atoms with van der Waals surface area (Å²) in [6, 6.07) is 0. The molecule has 0 amide bonds. The van der Waals surface area contributed by atoms with Crippen LogP contribution in [0.3, 0.4) is 0 Å². The second-order valence-electron chi connectivity index (χ2n) is 7.11. The molecule has 1 heterocycles. The lowest BCUT2D eigenvalue weighted by Crippen LogP contribution is -2.49. The van der Waals surface area contributed by atoms with Gasteiger partial charge in [-0.3, -0.25) is 9.69 Å². The van der Waals surface area contributed by atoms with E-state index in [0.717, 1.165) is 38.8 Å². The molecule has 3 heteroatoms. The molecule has 104 valence electrons. The fraction of sp³-hybridized carbons (Fsp3) is 0.933. The number of hydrogen-bond acceptors (Lipinski definition) is 2. The standard InChI is InChI=1S/C15H27NO2/c1-12-5-8-15(9-6-12,13(17)18)11-16-10-4-7-14(16,2)3/h12H,4-11H2,1-3H3,(H,17,18). The molecule has 0 spiro atoms. The van der Waals surface area contributed by atoms with Crippen LogP contribution in [-0.4, -0.2) is 34.6 Å². The quantitative estimate of drug-likeness (QED) is 0.840. The highest BCUT2D eigenvalue weighted by molar-refractivity contribution is 5.75. The maximum absolute atomic E-state index is 11.8. The Kier molecular flexibility index (Phi) is 3.72. The zero-order valence-electron chi connectivity index (χ0n) is 12.0. The van der Waals surface area contributed by atoms with Crippen LogP contribution in [0.25, 0.3) is 0 Å². The van der Waals surface area contributed by atoms with Crippen LogP contribution in [0.5, 0.6) is 0 Å². The van der Waals surface area contributed by atoms with Gasteiger partial charge in [0, 0.05) is 12.1 Å². The molecule has 0 bridgehead atoms. The summed E-state index contributed by atoms with van der Waals surface area (Å²) in [4.78, 5) is 14.2. The predicted molar refractivity (Wildman–Crippen MR) is 72.6 cm³/mol. The van der Waals surface area contributed by atoms with E-state index in [0.29, 0.717) is 5.92 Å². The van der Waals surface area contributed by atoms with Crippen molar-refractivity contribution in [1.82, 2.24) is 4.90 Å². The van der Waals surface area contributed by atoms with Gasteiger partial charge in [-0.2, -0.15) is 0 Å². The summed E-state index contributed by atoms with van der Waals surface area (Å²) >= 11 is 0. The minimum Gasteiger partial charge on any atom is -0.481 e. The Hall–Kier alpha value is -0.570. The van der Waals surface area contributed by atoms with E-state index in [1.54, 1.807) is 0 Å². The van der Waals surface area contributed by atoms with Crippen molar-refractivity contribution in [2.45, 2.75) is 64.8 Å². The maximum Gasteiger partial charge on any atom is 0.310 e. The highest BCUT2D eigenvalue weighted by Crippen LogP contribution is 2.42. The SMILES string of the molecule is CC1CCC(CN2CCCC2(C)C)(C(=O)O)CC1. The van der Waals surface area contributed by atoms with E-state index >= 15 is 0 Å². The molecule has 0 aromatic carbocycles. The van der Waals surface area contributed by atoms with Crippen molar-refractivity contribution in [3.05, 3.63) is 0 Å². The van der Waals surface area contributed by atoms with Crippen molar-refractivity contribution < 1.29 is 9.90 Å². The molecule has 0 aromatic heterocycles. The average molecular weight is 253 g/mol. The topological polar surface area (TPSA) is 40.5 Å². The third-order valence-electron chi connectivity index (χ3n) is 5.25. The molecule has 2 rings (SSSR count). The summed E-state index contributed by atoms with van der Waals surface area (Å²) in [5, 5.41) is 9.68. The molecule has 0 aromatic rings. The molecule has 2 aliphatic rings. The van der Waals surface area contributed by atoms with E-state index in [1.165, 1.54) is 12.8 Å². The normalized spacial score (nSPS) is 36.7. The first-order valence-corrected chi connectivity index (χ1v) is 7.34. The molecule has 0 atom stereocenters. The average Bonchev–Trinajstić information content (AvgIpc) is 2.61. The van der Waals surface area contributed by atoms with E-state index in [9.17, 15) is 9.90 Å². The van der Waals surface area contributed by atoms with Crippen molar-refractivity contribution in [1.29, 1.82) is 0 Å². The van der Waals surface area contributed by atoms with Crippen LogP contribution >= 0.6 is 0 Å². The van der Waals surface area contributed by atoms with Crippen molar-refractivity contribution in [3.8, 4) is 0 Å². The van der Waals surface area contributed by atoms with E-state index in [2.05, 4.69) is 25.7 Å². The third-order valence-corrected chi connectivity index (χ3v) is 5.25. The van der Waals surface area contributed by atoms with Crippen LogP contribution in [-0.2, 0) is 4.79 Å². The highest BCUT2D eigenvalue weighted by Gasteiger charge is 2.45. The molecule has 1 saturated heterocycles.